The third-order valence-electron chi connectivity index (χ3n) is 3.77. The summed E-state index contributed by atoms with van der Waals surface area (Å²) >= 11 is 6.34. The van der Waals surface area contributed by atoms with Gasteiger partial charge in [-0.1, -0.05) is 41.0 Å². The minimum atomic E-state index is 0.390. The Balaban J connectivity index is 2.08. The molecule has 2 aromatic carbocycles. The van der Waals surface area contributed by atoms with Crippen LogP contribution in [-0.2, 0) is 11.4 Å². The molecule has 4 nitrogen and oxygen atoms in total. The predicted octanol–water partition coefficient (Wildman–Crippen LogP) is 5.47. The Morgan fingerprint density at radius 1 is 1.08 bits per heavy atom. The zero-order valence-corrected chi connectivity index (χ0v) is 16.3. The van der Waals surface area contributed by atoms with Gasteiger partial charge in [0.2, 0.25) is 0 Å². The van der Waals surface area contributed by atoms with Crippen molar-refractivity contribution in [3.05, 3.63) is 69.8 Å². The Labute approximate surface area is 160 Å². The molecular weight excluding hydrogens is 350 g/mol. The van der Waals surface area contributed by atoms with Crippen LogP contribution in [0.1, 0.15) is 29.2 Å². The van der Waals surface area contributed by atoms with E-state index in [-0.39, 0.29) is 0 Å². The molecule has 5 heteroatoms. The van der Waals surface area contributed by atoms with Crippen LogP contribution in [0.4, 0.5) is 0 Å². The van der Waals surface area contributed by atoms with Crippen LogP contribution in [0.2, 0.25) is 5.02 Å². The van der Waals surface area contributed by atoms with E-state index in [9.17, 15) is 0 Å². The first-order valence-corrected chi connectivity index (χ1v) is 8.76. The first-order chi connectivity index (χ1) is 12.5. The molecule has 0 saturated carbocycles. The monoisotopic (exact) mass is 373 g/mol. The molecule has 0 amide bonds. The van der Waals surface area contributed by atoms with Crippen LogP contribution >= 0.6 is 11.6 Å². The van der Waals surface area contributed by atoms with Gasteiger partial charge >= 0.3 is 0 Å². The lowest BCUT2D eigenvalue weighted by Gasteiger charge is -2.15. The largest absolute Gasteiger partial charge is 0.490 e. The maximum absolute atomic E-state index is 6.34. The zero-order chi connectivity index (χ0) is 18.9. The average Bonchev–Trinajstić information content (AvgIpc) is 2.61. The molecule has 2 rings (SSSR count). The van der Waals surface area contributed by atoms with Crippen LogP contribution in [0.5, 0.6) is 11.5 Å². The maximum Gasteiger partial charge on any atom is 0.125 e. The van der Waals surface area contributed by atoms with Crippen molar-refractivity contribution in [2.75, 3.05) is 13.7 Å². The topological polar surface area (TPSA) is 40.0 Å². The fourth-order valence-electron chi connectivity index (χ4n) is 2.49. The summed E-state index contributed by atoms with van der Waals surface area (Å²) in [6.07, 6.45) is 5.54. The molecule has 0 aliphatic heterocycles. The second kappa shape index (κ2) is 9.88. The van der Waals surface area contributed by atoms with Gasteiger partial charge in [0.25, 0.3) is 0 Å². The van der Waals surface area contributed by atoms with E-state index in [1.807, 2.05) is 63.3 Å². The van der Waals surface area contributed by atoms with Crippen LogP contribution in [0.25, 0.3) is 0 Å². The number of nitrogens with zero attached hydrogens (tertiary/aromatic N) is 1. The smallest absolute Gasteiger partial charge is 0.125 e. The van der Waals surface area contributed by atoms with Crippen molar-refractivity contribution in [1.82, 2.24) is 0 Å². The molecule has 0 bridgehead atoms. The first kappa shape index (κ1) is 19.9. The quantitative estimate of drug-likeness (QED) is 0.350. The minimum Gasteiger partial charge on any atom is -0.490 e. The summed E-state index contributed by atoms with van der Waals surface area (Å²) in [7, 11) is 1.50. The summed E-state index contributed by atoms with van der Waals surface area (Å²) in [4.78, 5) is 4.68. The van der Waals surface area contributed by atoms with Crippen molar-refractivity contribution < 1.29 is 14.3 Å². The van der Waals surface area contributed by atoms with Gasteiger partial charge in [-0.2, -0.15) is 0 Å². The lowest BCUT2D eigenvalue weighted by Crippen LogP contribution is -2.01. The average molecular weight is 374 g/mol. The number of allylic oxidation sites excluding steroid dienone is 1. The molecule has 0 spiro atoms. The molecule has 0 aromatic heterocycles. The standard InChI is InChI=1S/C21H24ClNO3/c1-5-6-9-25-19-10-15(2)21(16(3)11-19)26-14-18-8-7-17(12-20(18)22)13-23-24-4/h5-8,10-13H,9,14H2,1-4H3/b6-5+,23-13-. The van der Waals surface area contributed by atoms with Crippen LogP contribution in [0, 0.1) is 13.8 Å². The van der Waals surface area contributed by atoms with Gasteiger partial charge in [0.1, 0.15) is 31.8 Å². The molecule has 0 N–H and O–H groups in total. The van der Waals surface area contributed by atoms with Gasteiger partial charge in [0, 0.05) is 10.6 Å². The molecule has 2 aromatic rings. The highest BCUT2D eigenvalue weighted by atomic mass is 35.5. The number of ether oxygens (including phenoxy) is 2. The van der Waals surface area contributed by atoms with E-state index in [2.05, 4.69) is 9.99 Å². The van der Waals surface area contributed by atoms with Gasteiger partial charge in [-0.15, -0.1) is 0 Å². The normalized spacial score (nSPS) is 11.3. The van der Waals surface area contributed by atoms with Crippen molar-refractivity contribution in [3.8, 4) is 11.5 Å². The molecular formula is C21H24ClNO3. The van der Waals surface area contributed by atoms with Crippen molar-refractivity contribution in [2.24, 2.45) is 5.16 Å². The first-order valence-electron chi connectivity index (χ1n) is 8.38. The summed E-state index contributed by atoms with van der Waals surface area (Å²) in [5, 5.41) is 4.36. The molecule has 26 heavy (non-hydrogen) atoms. The number of benzene rings is 2. The van der Waals surface area contributed by atoms with Gasteiger partial charge in [-0.05, 0) is 55.7 Å². The molecule has 0 aliphatic rings. The SMILES string of the molecule is C/C=C/COc1cc(C)c(OCc2ccc(/C=N\OC)cc2Cl)c(C)c1. The van der Waals surface area contributed by atoms with Crippen LogP contribution in [-0.4, -0.2) is 19.9 Å². The summed E-state index contributed by atoms with van der Waals surface area (Å²) < 4.78 is 11.7. The fourth-order valence-corrected chi connectivity index (χ4v) is 2.73. The van der Waals surface area contributed by atoms with E-state index in [4.69, 9.17) is 21.1 Å². The Hall–Kier alpha value is -2.46. The van der Waals surface area contributed by atoms with Crippen LogP contribution in [0.15, 0.2) is 47.6 Å². The Bertz CT molecular complexity index is 777. The molecule has 0 fully saturated rings. The van der Waals surface area contributed by atoms with Crippen molar-refractivity contribution >= 4 is 17.8 Å². The van der Waals surface area contributed by atoms with Crippen LogP contribution < -0.4 is 9.47 Å². The van der Waals surface area contributed by atoms with Gasteiger partial charge in [0.05, 0.1) is 6.21 Å². The third-order valence-corrected chi connectivity index (χ3v) is 4.12. The van der Waals surface area contributed by atoms with Gasteiger partial charge in [-0.3, -0.25) is 0 Å². The highest BCUT2D eigenvalue weighted by molar-refractivity contribution is 6.31. The molecule has 0 aliphatic carbocycles. The van der Waals surface area contributed by atoms with Gasteiger partial charge in [-0.25, -0.2) is 0 Å². The molecule has 0 atom stereocenters. The Morgan fingerprint density at radius 3 is 2.42 bits per heavy atom. The lowest BCUT2D eigenvalue weighted by molar-refractivity contribution is 0.215. The number of hydrogen-bond acceptors (Lipinski definition) is 4. The van der Waals surface area contributed by atoms with Crippen LogP contribution in [0.3, 0.4) is 0 Å². The summed E-state index contributed by atoms with van der Waals surface area (Å²) in [5.74, 6) is 1.69. The summed E-state index contributed by atoms with van der Waals surface area (Å²) in [6, 6.07) is 9.65. The van der Waals surface area contributed by atoms with Crippen molar-refractivity contribution in [3.63, 3.8) is 0 Å². The van der Waals surface area contributed by atoms with E-state index < -0.39 is 0 Å². The summed E-state index contributed by atoms with van der Waals surface area (Å²) in [6.45, 7) is 6.94. The lowest BCUT2D eigenvalue weighted by atomic mass is 10.1. The molecule has 0 radical (unpaired) electrons. The second-order valence-electron chi connectivity index (χ2n) is 5.82. The summed E-state index contributed by atoms with van der Waals surface area (Å²) in [5.41, 5.74) is 3.84. The zero-order valence-electron chi connectivity index (χ0n) is 15.6. The number of hydrogen-bond donors (Lipinski definition) is 0. The number of halogens is 1. The maximum atomic E-state index is 6.34. The predicted molar refractivity (Wildman–Crippen MR) is 107 cm³/mol. The van der Waals surface area contributed by atoms with Crippen molar-refractivity contribution in [2.45, 2.75) is 27.4 Å². The van der Waals surface area contributed by atoms with E-state index in [0.717, 1.165) is 33.8 Å². The highest BCUT2D eigenvalue weighted by Crippen LogP contribution is 2.30. The highest BCUT2D eigenvalue weighted by Gasteiger charge is 2.09. The molecule has 0 unspecified atom stereocenters. The number of oxime groups is 1. The van der Waals surface area contributed by atoms with Gasteiger partial charge < -0.3 is 14.3 Å². The Morgan fingerprint density at radius 2 is 1.81 bits per heavy atom. The van der Waals surface area contributed by atoms with E-state index in [0.29, 0.717) is 18.2 Å². The third kappa shape index (κ3) is 5.53. The molecule has 0 heterocycles. The second-order valence-corrected chi connectivity index (χ2v) is 6.23. The molecule has 138 valence electrons. The van der Waals surface area contributed by atoms with E-state index in [1.165, 1.54) is 7.11 Å². The van der Waals surface area contributed by atoms with Crippen molar-refractivity contribution in [1.29, 1.82) is 0 Å². The van der Waals surface area contributed by atoms with E-state index >= 15 is 0 Å². The minimum absolute atomic E-state index is 0.390. The van der Waals surface area contributed by atoms with E-state index in [1.54, 1.807) is 6.21 Å². The number of rotatable bonds is 8. The molecule has 0 saturated heterocycles. The fraction of sp³-hybridized carbons (Fsp3) is 0.286. The number of aryl methyl sites for hydroxylation is 2. The van der Waals surface area contributed by atoms with Gasteiger partial charge in [0.15, 0.2) is 0 Å². The Kier molecular flexibility index (Phi) is 7.54.